The Balaban J connectivity index is 3.19. The highest BCUT2D eigenvalue weighted by molar-refractivity contribution is 5.94. The molecule has 0 aliphatic heterocycles. The lowest BCUT2D eigenvalue weighted by Gasteiger charge is -2.19. The number of halogens is 1. The van der Waals surface area contributed by atoms with E-state index in [0.717, 1.165) is 12.1 Å². The fourth-order valence-corrected chi connectivity index (χ4v) is 1.20. The van der Waals surface area contributed by atoms with Gasteiger partial charge in [-0.2, -0.15) is 4.39 Å². The van der Waals surface area contributed by atoms with Crippen molar-refractivity contribution < 1.29 is 18.8 Å². The zero-order valence-electron chi connectivity index (χ0n) is 9.69. The van der Waals surface area contributed by atoms with Gasteiger partial charge in [0.05, 0.1) is 4.92 Å². The fraction of sp³-hybridized carbons (Fsp3) is 0.364. The van der Waals surface area contributed by atoms with Crippen LogP contribution in [0.3, 0.4) is 0 Å². The number of hydrogen-bond acceptors (Lipinski definition) is 4. The van der Waals surface area contributed by atoms with Crippen molar-refractivity contribution in [1.82, 2.24) is 0 Å². The van der Waals surface area contributed by atoms with Crippen LogP contribution >= 0.6 is 0 Å². The Morgan fingerprint density at radius 2 is 2.00 bits per heavy atom. The molecule has 1 rings (SSSR count). The minimum atomic E-state index is -1.06. The largest absolute Gasteiger partial charge is 0.456 e. The quantitative estimate of drug-likeness (QED) is 0.453. The number of hydrogen-bond donors (Lipinski definition) is 0. The van der Waals surface area contributed by atoms with E-state index in [4.69, 9.17) is 4.74 Å². The minimum absolute atomic E-state index is 0.384. The lowest BCUT2D eigenvalue weighted by molar-refractivity contribution is -0.387. The van der Waals surface area contributed by atoms with E-state index in [-0.39, 0.29) is 5.56 Å². The molecule has 0 aliphatic rings. The van der Waals surface area contributed by atoms with E-state index in [0.29, 0.717) is 0 Å². The van der Waals surface area contributed by atoms with Crippen LogP contribution in [0.25, 0.3) is 0 Å². The van der Waals surface area contributed by atoms with Crippen molar-refractivity contribution in [2.75, 3.05) is 0 Å². The maximum absolute atomic E-state index is 13.2. The third-order valence-corrected chi connectivity index (χ3v) is 1.79. The van der Waals surface area contributed by atoms with Crippen LogP contribution in [0.5, 0.6) is 0 Å². The number of rotatable bonds is 2. The normalized spacial score (nSPS) is 11.1. The summed E-state index contributed by atoms with van der Waals surface area (Å²) in [5, 5.41) is 10.7. The molecule has 1 aromatic carbocycles. The third kappa shape index (κ3) is 3.24. The van der Waals surface area contributed by atoms with Crippen LogP contribution in [0.15, 0.2) is 18.2 Å². The van der Waals surface area contributed by atoms with Gasteiger partial charge >= 0.3 is 11.7 Å². The zero-order chi connectivity index (χ0) is 13.2. The molecule has 0 unspecified atom stereocenters. The summed E-state index contributed by atoms with van der Waals surface area (Å²) in [5.41, 5.74) is -2.04. The number of ether oxygens (including phenoxy) is 1. The Kier molecular flexibility index (Phi) is 3.45. The summed E-state index contributed by atoms with van der Waals surface area (Å²) in [6, 6.07) is 3.31. The number of carbonyl (C=O) groups excluding carboxylic acids is 1. The molecule has 0 bridgehead atoms. The second kappa shape index (κ2) is 4.48. The minimum Gasteiger partial charge on any atom is -0.456 e. The molecule has 1 aromatic rings. The summed E-state index contributed by atoms with van der Waals surface area (Å²) in [4.78, 5) is 21.4. The first-order chi connectivity index (χ1) is 7.72. The Hall–Kier alpha value is -1.98. The van der Waals surface area contributed by atoms with Gasteiger partial charge in [0.25, 0.3) is 0 Å². The molecule has 0 aliphatic carbocycles. The molecule has 0 atom stereocenters. The summed E-state index contributed by atoms with van der Waals surface area (Å²) >= 11 is 0. The third-order valence-electron chi connectivity index (χ3n) is 1.79. The highest BCUT2D eigenvalue weighted by atomic mass is 19.1. The van der Waals surface area contributed by atoms with E-state index < -0.39 is 28.0 Å². The Morgan fingerprint density at radius 1 is 1.41 bits per heavy atom. The molecule has 0 saturated carbocycles. The first-order valence-electron chi connectivity index (χ1n) is 4.88. The smallest absolute Gasteiger partial charge is 0.345 e. The summed E-state index contributed by atoms with van der Waals surface area (Å²) in [7, 11) is 0. The summed E-state index contributed by atoms with van der Waals surface area (Å²) in [6.07, 6.45) is 0. The average Bonchev–Trinajstić information content (AvgIpc) is 2.13. The second-order valence-corrected chi connectivity index (χ2v) is 4.40. The van der Waals surface area contributed by atoms with Gasteiger partial charge in [-0.15, -0.1) is 0 Å². The van der Waals surface area contributed by atoms with E-state index in [1.807, 2.05) is 0 Å². The molecule has 0 saturated heterocycles. The van der Waals surface area contributed by atoms with Crippen molar-refractivity contribution >= 4 is 11.7 Å². The summed E-state index contributed by atoms with van der Waals surface area (Å²) < 4.78 is 18.2. The van der Waals surface area contributed by atoms with Crippen LogP contribution in [-0.4, -0.2) is 16.5 Å². The molecule has 0 amide bonds. The molecule has 6 heteroatoms. The summed E-state index contributed by atoms with van der Waals surface area (Å²) in [6.45, 7) is 4.86. The van der Waals surface area contributed by atoms with Crippen LogP contribution < -0.4 is 0 Å². The average molecular weight is 241 g/mol. The molecule has 0 radical (unpaired) electrons. The molecule has 0 fully saturated rings. The van der Waals surface area contributed by atoms with Crippen molar-refractivity contribution in [3.8, 4) is 0 Å². The van der Waals surface area contributed by atoms with Gasteiger partial charge in [0.15, 0.2) is 0 Å². The fourth-order valence-electron chi connectivity index (χ4n) is 1.20. The van der Waals surface area contributed by atoms with E-state index in [1.54, 1.807) is 20.8 Å². The van der Waals surface area contributed by atoms with Crippen LogP contribution in [0, 0.1) is 15.9 Å². The molecule has 5 nitrogen and oxygen atoms in total. The molecule has 0 spiro atoms. The topological polar surface area (TPSA) is 69.4 Å². The van der Waals surface area contributed by atoms with E-state index in [1.165, 1.54) is 6.07 Å². The van der Waals surface area contributed by atoms with Crippen LogP contribution in [0.4, 0.5) is 10.1 Å². The molecule has 0 heterocycles. The van der Waals surface area contributed by atoms with Crippen molar-refractivity contribution in [3.63, 3.8) is 0 Å². The number of carbonyl (C=O) groups is 1. The van der Waals surface area contributed by atoms with Gasteiger partial charge in [-0.05, 0) is 32.9 Å². The van der Waals surface area contributed by atoms with Crippen LogP contribution in [0.2, 0.25) is 0 Å². The van der Waals surface area contributed by atoms with Gasteiger partial charge in [0.1, 0.15) is 11.2 Å². The number of nitro groups is 1. The van der Waals surface area contributed by atoms with Gasteiger partial charge < -0.3 is 4.74 Å². The standard InChI is InChI=1S/C11H12FNO4/c1-11(2,3)17-10(14)7-5-4-6-8(12)9(7)13(15)16/h4-6H,1-3H3. The van der Waals surface area contributed by atoms with Crippen molar-refractivity contribution in [2.24, 2.45) is 0 Å². The van der Waals surface area contributed by atoms with Gasteiger partial charge in [0.2, 0.25) is 5.82 Å². The van der Waals surface area contributed by atoms with E-state index in [2.05, 4.69) is 0 Å². The lowest BCUT2D eigenvalue weighted by atomic mass is 10.1. The predicted molar refractivity (Wildman–Crippen MR) is 58.2 cm³/mol. The molecular formula is C11H12FNO4. The van der Waals surface area contributed by atoms with Crippen molar-refractivity contribution in [3.05, 3.63) is 39.7 Å². The predicted octanol–water partition coefficient (Wildman–Crippen LogP) is 2.69. The Bertz CT molecular complexity index is 465. The van der Waals surface area contributed by atoms with Crippen molar-refractivity contribution in [2.45, 2.75) is 26.4 Å². The lowest BCUT2D eigenvalue weighted by Crippen LogP contribution is -2.24. The van der Waals surface area contributed by atoms with E-state index >= 15 is 0 Å². The monoisotopic (exact) mass is 241 g/mol. The van der Waals surface area contributed by atoms with Crippen LogP contribution in [-0.2, 0) is 4.74 Å². The second-order valence-electron chi connectivity index (χ2n) is 4.40. The van der Waals surface area contributed by atoms with E-state index in [9.17, 15) is 19.3 Å². The molecular weight excluding hydrogens is 229 g/mol. The van der Waals surface area contributed by atoms with Gasteiger partial charge in [0, 0.05) is 0 Å². The highest BCUT2D eigenvalue weighted by Gasteiger charge is 2.28. The van der Waals surface area contributed by atoms with Crippen molar-refractivity contribution in [1.29, 1.82) is 0 Å². The first-order valence-corrected chi connectivity index (χ1v) is 4.88. The van der Waals surface area contributed by atoms with Crippen LogP contribution in [0.1, 0.15) is 31.1 Å². The molecule has 0 aromatic heterocycles. The number of para-hydroxylation sites is 1. The molecule has 0 N–H and O–H groups in total. The zero-order valence-corrected chi connectivity index (χ0v) is 9.69. The number of esters is 1. The first kappa shape index (κ1) is 13.1. The molecule has 17 heavy (non-hydrogen) atoms. The SMILES string of the molecule is CC(C)(C)OC(=O)c1cccc(F)c1[N+](=O)[O-]. The Labute approximate surface area is 97.3 Å². The Morgan fingerprint density at radius 3 is 2.47 bits per heavy atom. The van der Waals surface area contributed by atoms with Gasteiger partial charge in [-0.25, -0.2) is 4.79 Å². The summed E-state index contributed by atoms with van der Waals surface area (Å²) in [5.74, 6) is -1.97. The van der Waals surface area contributed by atoms with Gasteiger partial charge in [-0.1, -0.05) is 6.07 Å². The highest BCUT2D eigenvalue weighted by Crippen LogP contribution is 2.24. The number of nitro benzene ring substituents is 1. The molecule has 92 valence electrons. The number of nitrogens with zero attached hydrogens (tertiary/aromatic N) is 1. The maximum atomic E-state index is 13.2. The van der Waals surface area contributed by atoms with Gasteiger partial charge in [-0.3, -0.25) is 10.1 Å². The maximum Gasteiger partial charge on any atom is 0.345 e. The number of benzene rings is 1.